The standard InChI is InChI=1S/C14H22ClN3OS/c1-17(2)14(19)10-18-7-5-11(6-8-18)16-9-12-3-4-13(15)20-12/h3-4,11,16H,5-10H2,1-2H3. The second-order valence-corrected chi connectivity index (χ2v) is 7.22. The number of nitrogens with one attached hydrogen (secondary N) is 1. The molecule has 1 aliphatic rings. The van der Waals surface area contributed by atoms with E-state index in [2.05, 4.69) is 16.3 Å². The van der Waals surface area contributed by atoms with Crippen LogP contribution in [-0.2, 0) is 11.3 Å². The van der Waals surface area contributed by atoms with Gasteiger partial charge in [0.1, 0.15) is 0 Å². The molecule has 0 aromatic carbocycles. The predicted molar refractivity (Wildman–Crippen MR) is 84.3 cm³/mol. The van der Waals surface area contributed by atoms with Crippen molar-refractivity contribution in [3.8, 4) is 0 Å². The number of amides is 1. The van der Waals surface area contributed by atoms with E-state index in [1.807, 2.05) is 20.2 Å². The van der Waals surface area contributed by atoms with Gasteiger partial charge in [-0.3, -0.25) is 9.69 Å². The van der Waals surface area contributed by atoms with E-state index in [1.54, 1.807) is 16.2 Å². The molecular weight excluding hydrogens is 294 g/mol. The summed E-state index contributed by atoms with van der Waals surface area (Å²) >= 11 is 7.55. The molecule has 2 heterocycles. The van der Waals surface area contributed by atoms with E-state index in [9.17, 15) is 4.79 Å². The number of hydrogen-bond acceptors (Lipinski definition) is 4. The Bertz CT molecular complexity index is 441. The Morgan fingerprint density at radius 3 is 2.70 bits per heavy atom. The second-order valence-electron chi connectivity index (χ2n) is 5.43. The van der Waals surface area contributed by atoms with Crippen LogP contribution in [0.4, 0.5) is 0 Å². The number of piperidine rings is 1. The molecule has 4 nitrogen and oxygen atoms in total. The Labute approximate surface area is 129 Å². The van der Waals surface area contributed by atoms with Gasteiger partial charge < -0.3 is 10.2 Å². The number of carbonyl (C=O) groups excluding carboxylic acids is 1. The van der Waals surface area contributed by atoms with Crippen molar-refractivity contribution in [1.29, 1.82) is 0 Å². The minimum Gasteiger partial charge on any atom is -0.348 e. The minimum atomic E-state index is 0.185. The maximum atomic E-state index is 11.7. The molecule has 0 spiro atoms. The van der Waals surface area contributed by atoms with Gasteiger partial charge in [0, 0.05) is 44.6 Å². The third kappa shape index (κ3) is 4.74. The van der Waals surface area contributed by atoms with Crippen molar-refractivity contribution < 1.29 is 4.79 Å². The third-order valence-electron chi connectivity index (χ3n) is 3.64. The molecule has 0 radical (unpaired) electrons. The molecular formula is C14H22ClN3OS. The number of likely N-dealkylation sites (tertiary alicyclic amines) is 1. The van der Waals surface area contributed by atoms with Crippen molar-refractivity contribution in [3.63, 3.8) is 0 Å². The lowest BCUT2D eigenvalue weighted by Gasteiger charge is -2.32. The molecule has 20 heavy (non-hydrogen) atoms. The summed E-state index contributed by atoms with van der Waals surface area (Å²) in [5, 5.41) is 3.58. The van der Waals surface area contributed by atoms with Gasteiger partial charge in [-0.05, 0) is 25.0 Å². The molecule has 1 amide bonds. The Hall–Kier alpha value is -0.620. The molecule has 112 valence electrons. The summed E-state index contributed by atoms with van der Waals surface area (Å²) in [6, 6.07) is 4.56. The van der Waals surface area contributed by atoms with Gasteiger partial charge in [0.15, 0.2) is 0 Å². The van der Waals surface area contributed by atoms with Crippen LogP contribution >= 0.6 is 22.9 Å². The van der Waals surface area contributed by atoms with Gasteiger partial charge >= 0.3 is 0 Å². The molecule has 1 N–H and O–H groups in total. The van der Waals surface area contributed by atoms with Gasteiger partial charge in [0.05, 0.1) is 10.9 Å². The largest absolute Gasteiger partial charge is 0.348 e. The summed E-state index contributed by atoms with van der Waals surface area (Å²) in [6.45, 7) is 3.41. The van der Waals surface area contributed by atoms with Gasteiger partial charge in [0.25, 0.3) is 0 Å². The minimum absolute atomic E-state index is 0.185. The number of likely N-dealkylation sites (N-methyl/N-ethyl adjacent to an activating group) is 1. The zero-order valence-corrected chi connectivity index (χ0v) is 13.6. The molecule has 1 aliphatic heterocycles. The van der Waals surface area contributed by atoms with Crippen LogP contribution in [0.25, 0.3) is 0 Å². The molecule has 0 atom stereocenters. The summed E-state index contributed by atoms with van der Waals surface area (Å²) in [4.78, 5) is 16.8. The second kappa shape index (κ2) is 7.41. The highest BCUT2D eigenvalue weighted by Gasteiger charge is 2.21. The smallest absolute Gasteiger partial charge is 0.236 e. The van der Waals surface area contributed by atoms with Crippen LogP contribution in [-0.4, -0.2) is 55.5 Å². The highest BCUT2D eigenvalue weighted by Crippen LogP contribution is 2.21. The van der Waals surface area contributed by atoms with E-state index >= 15 is 0 Å². The van der Waals surface area contributed by atoms with Gasteiger partial charge in [-0.1, -0.05) is 11.6 Å². The van der Waals surface area contributed by atoms with Gasteiger partial charge in [-0.2, -0.15) is 0 Å². The summed E-state index contributed by atoms with van der Waals surface area (Å²) in [5.74, 6) is 0.185. The normalized spacial score (nSPS) is 17.4. The molecule has 0 saturated carbocycles. The molecule has 0 bridgehead atoms. The Morgan fingerprint density at radius 2 is 2.15 bits per heavy atom. The number of nitrogens with zero attached hydrogens (tertiary/aromatic N) is 2. The van der Waals surface area contributed by atoms with E-state index < -0.39 is 0 Å². The van der Waals surface area contributed by atoms with Gasteiger partial charge in [-0.15, -0.1) is 11.3 Å². The van der Waals surface area contributed by atoms with E-state index in [4.69, 9.17) is 11.6 Å². The zero-order valence-electron chi connectivity index (χ0n) is 12.1. The monoisotopic (exact) mass is 315 g/mol. The molecule has 2 rings (SSSR count). The van der Waals surface area contributed by atoms with E-state index in [-0.39, 0.29) is 5.91 Å². The zero-order chi connectivity index (χ0) is 14.5. The van der Waals surface area contributed by atoms with Crippen LogP contribution in [0.2, 0.25) is 4.34 Å². The highest BCUT2D eigenvalue weighted by atomic mass is 35.5. The van der Waals surface area contributed by atoms with Crippen molar-refractivity contribution in [2.24, 2.45) is 0 Å². The van der Waals surface area contributed by atoms with Crippen molar-refractivity contribution in [3.05, 3.63) is 21.3 Å². The van der Waals surface area contributed by atoms with Crippen LogP contribution in [0.5, 0.6) is 0 Å². The highest BCUT2D eigenvalue weighted by molar-refractivity contribution is 7.16. The lowest BCUT2D eigenvalue weighted by Crippen LogP contribution is -2.45. The summed E-state index contributed by atoms with van der Waals surface area (Å²) in [6.07, 6.45) is 2.19. The van der Waals surface area contributed by atoms with Crippen LogP contribution in [0, 0.1) is 0 Å². The van der Waals surface area contributed by atoms with Crippen LogP contribution in [0.3, 0.4) is 0 Å². The number of carbonyl (C=O) groups is 1. The van der Waals surface area contributed by atoms with Crippen LogP contribution < -0.4 is 5.32 Å². The average molecular weight is 316 g/mol. The number of thiophene rings is 1. The first-order valence-electron chi connectivity index (χ1n) is 6.94. The van der Waals surface area contributed by atoms with Crippen molar-refractivity contribution >= 4 is 28.8 Å². The Balaban J connectivity index is 1.68. The van der Waals surface area contributed by atoms with Gasteiger partial charge in [-0.25, -0.2) is 0 Å². The lowest BCUT2D eigenvalue weighted by molar-refractivity contribution is -0.130. The molecule has 1 saturated heterocycles. The number of halogens is 1. The molecule has 0 aliphatic carbocycles. The van der Waals surface area contributed by atoms with E-state index in [0.29, 0.717) is 12.6 Å². The first kappa shape index (κ1) is 15.8. The summed E-state index contributed by atoms with van der Waals surface area (Å²) in [7, 11) is 3.62. The summed E-state index contributed by atoms with van der Waals surface area (Å²) in [5.41, 5.74) is 0. The first-order valence-corrected chi connectivity index (χ1v) is 8.14. The van der Waals surface area contributed by atoms with Gasteiger partial charge in [0.2, 0.25) is 5.91 Å². The molecule has 1 aromatic heterocycles. The fourth-order valence-corrected chi connectivity index (χ4v) is 3.36. The lowest BCUT2D eigenvalue weighted by atomic mass is 10.1. The maximum absolute atomic E-state index is 11.7. The molecule has 6 heteroatoms. The maximum Gasteiger partial charge on any atom is 0.236 e. The van der Waals surface area contributed by atoms with E-state index in [0.717, 1.165) is 36.8 Å². The van der Waals surface area contributed by atoms with Crippen LogP contribution in [0.1, 0.15) is 17.7 Å². The predicted octanol–water partition coefficient (Wildman–Crippen LogP) is 2.04. The average Bonchev–Trinajstić information content (AvgIpc) is 2.83. The molecule has 1 aromatic rings. The Kier molecular flexibility index (Phi) is 5.84. The quantitative estimate of drug-likeness (QED) is 0.903. The van der Waals surface area contributed by atoms with Crippen molar-refractivity contribution in [2.75, 3.05) is 33.7 Å². The number of hydrogen-bond donors (Lipinski definition) is 1. The topological polar surface area (TPSA) is 35.6 Å². The fourth-order valence-electron chi connectivity index (χ4n) is 2.32. The summed E-state index contributed by atoms with van der Waals surface area (Å²) < 4.78 is 0.846. The first-order chi connectivity index (χ1) is 9.54. The van der Waals surface area contributed by atoms with Crippen molar-refractivity contribution in [1.82, 2.24) is 15.1 Å². The Morgan fingerprint density at radius 1 is 1.45 bits per heavy atom. The number of rotatable bonds is 5. The van der Waals surface area contributed by atoms with Crippen molar-refractivity contribution in [2.45, 2.75) is 25.4 Å². The van der Waals surface area contributed by atoms with E-state index in [1.165, 1.54) is 4.88 Å². The third-order valence-corrected chi connectivity index (χ3v) is 4.87. The van der Waals surface area contributed by atoms with Crippen LogP contribution in [0.15, 0.2) is 12.1 Å². The SMILES string of the molecule is CN(C)C(=O)CN1CCC(NCc2ccc(Cl)s2)CC1. The molecule has 0 unspecified atom stereocenters. The fraction of sp³-hybridized carbons (Fsp3) is 0.643. The molecule has 1 fully saturated rings.